The van der Waals surface area contributed by atoms with Gasteiger partial charge in [-0.3, -0.25) is 4.79 Å². The lowest BCUT2D eigenvalue weighted by atomic mass is 10.0. The first-order valence-corrected chi connectivity index (χ1v) is 7.95. The van der Waals surface area contributed by atoms with E-state index >= 15 is 0 Å². The molecule has 4 heteroatoms. The SMILES string of the molecule is O=C(c1ccc2c(c1)CCC2)N1CCC2(CC1)OCCO2. The molecule has 1 aromatic carbocycles. The van der Waals surface area contributed by atoms with Gasteiger partial charge in [-0.1, -0.05) is 6.07 Å². The van der Waals surface area contributed by atoms with Gasteiger partial charge in [0.25, 0.3) is 5.91 Å². The second-order valence-corrected chi connectivity index (χ2v) is 6.24. The van der Waals surface area contributed by atoms with Crippen LogP contribution in [0.5, 0.6) is 0 Å². The van der Waals surface area contributed by atoms with Crippen molar-refractivity contribution in [1.82, 2.24) is 4.90 Å². The Labute approximate surface area is 125 Å². The topological polar surface area (TPSA) is 38.8 Å². The van der Waals surface area contributed by atoms with Gasteiger partial charge in [-0.2, -0.15) is 0 Å². The second kappa shape index (κ2) is 5.11. The first-order chi connectivity index (χ1) is 10.3. The van der Waals surface area contributed by atoms with E-state index in [1.165, 1.54) is 17.5 Å². The average Bonchev–Trinajstić information content (AvgIpc) is 3.16. The number of likely N-dealkylation sites (tertiary alicyclic amines) is 1. The van der Waals surface area contributed by atoms with Crippen LogP contribution in [0.1, 0.15) is 40.7 Å². The quantitative estimate of drug-likeness (QED) is 0.794. The summed E-state index contributed by atoms with van der Waals surface area (Å²) in [6.45, 7) is 2.80. The predicted octanol–water partition coefficient (Wildman–Crippen LogP) is 2.15. The lowest BCUT2D eigenvalue weighted by Gasteiger charge is -2.37. The van der Waals surface area contributed by atoms with E-state index < -0.39 is 5.79 Å². The average molecular weight is 287 g/mol. The van der Waals surface area contributed by atoms with Crippen LogP contribution in [-0.4, -0.2) is 42.9 Å². The predicted molar refractivity (Wildman–Crippen MR) is 78.2 cm³/mol. The van der Waals surface area contributed by atoms with Gasteiger partial charge in [-0.05, 0) is 42.5 Å². The molecule has 2 heterocycles. The lowest BCUT2D eigenvalue weighted by Crippen LogP contribution is -2.47. The largest absolute Gasteiger partial charge is 0.347 e. The molecule has 0 bridgehead atoms. The number of ether oxygens (including phenoxy) is 2. The minimum atomic E-state index is -0.408. The normalized spacial score (nSPS) is 23.5. The van der Waals surface area contributed by atoms with Gasteiger partial charge >= 0.3 is 0 Å². The van der Waals surface area contributed by atoms with Crippen LogP contribution in [0.2, 0.25) is 0 Å². The number of hydrogen-bond donors (Lipinski definition) is 0. The fraction of sp³-hybridized carbons (Fsp3) is 0.588. The maximum absolute atomic E-state index is 12.6. The Balaban J connectivity index is 1.46. The number of aryl methyl sites for hydroxylation is 2. The molecule has 0 N–H and O–H groups in total. The molecule has 2 saturated heterocycles. The maximum atomic E-state index is 12.6. The van der Waals surface area contributed by atoms with Gasteiger partial charge in [-0.25, -0.2) is 0 Å². The Morgan fingerprint density at radius 3 is 2.52 bits per heavy atom. The molecule has 4 rings (SSSR count). The zero-order chi connectivity index (χ0) is 14.3. The highest BCUT2D eigenvalue weighted by atomic mass is 16.7. The molecule has 0 atom stereocenters. The van der Waals surface area contributed by atoms with Crippen molar-refractivity contribution < 1.29 is 14.3 Å². The molecule has 1 aliphatic carbocycles. The molecular formula is C17H21NO3. The van der Waals surface area contributed by atoms with Crippen LogP contribution in [-0.2, 0) is 22.3 Å². The van der Waals surface area contributed by atoms with E-state index in [2.05, 4.69) is 12.1 Å². The molecule has 0 saturated carbocycles. The highest BCUT2D eigenvalue weighted by Gasteiger charge is 2.40. The van der Waals surface area contributed by atoms with Crippen molar-refractivity contribution in [3.63, 3.8) is 0 Å². The number of fused-ring (bicyclic) bond motifs is 1. The van der Waals surface area contributed by atoms with E-state index in [9.17, 15) is 4.79 Å². The van der Waals surface area contributed by atoms with Crippen molar-refractivity contribution in [2.24, 2.45) is 0 Å². The molecule has 1 spiro atoms. The first kappa shape index (κ1) is 13.3. The number of nitrogens with zero attached hydrogens (tertiary/aromatic N) is 1. The van der Waals surface area contributed by atoms with Crippen LogP contribution in [0.3, 0.4) is 0 Å². The van der Waals surface area contributed by atoms with E-state index in [-0.39, 0.29) is 5.91 Å². The molecule has 3 aliphatic rings. The van der Waals surface area contributed by atoms with Crippen molar-refractivity contribution in [2.45, 2.75) is 37.9 Å². The summed E-state index contributed by atoms with van der Waals surface area (Å²) >= 11 is 0. The summed E-state index contributed by atoms with van der Waals surface area (Å²) in [5, 5.41) is 0. The van der Waals surface area contributed by atoms with Gasteiger partial charge in [-0.15, -0.1) is 0 Å². The summed E-state index contributed by atoms with van der Waals surface area (Å²) in [6, 6.07) is 6.21. The van der Waals surface area contributed by atoms with E-state index in [4.69, 9.17) is 9.47 Å². The Morgan fingerprint density at radius 1 is 1.05 bits per heavy atom. The summed E-state index contributed by atoms with van der Waals surface area (Å²) in [7, 11) is 0. The summed E-state index contributed by atoms with van der Waals surface area (Å²) in [6.07, 6.45) is 5.05. The Kier molecular flexibility index (Phi) is 3.23. The number of rotatable bonds is 1. The summed E-state index contributed by atoms with van der Waals surface area (Å²) < 4.78 is 11.4. The van der Waals surface area contributed by atoms with E-state index in [1.54, 1.807) is 0 Å². The van der Waals surface area contributed by atoms with E-state index in [0.717, 1.165) is 44.3 Å². The fourth-order valence-corrected chi connectivity index (χ4v) is 3.72. The fourth-order valence-electron chi connectivity index (χ4n) is 3.72. The summed E-state index contributed by atoms with van der Waals surface area (Å²) in [5.41, 5.74) is 3.61. The third-order valence-electron chi connectivity index (χ3n) is 4.97. The van der Waals surface area contributed by atoms with Gasteiger partial charge in [0, 0.05) is 31.5 Å². The van der Waals surface area contributed by atoms with Crippen molar-refractivity contribution in [3.8, 4) is 0 Å². The number of carbonyl (C=O) groups excluding carboxylic acids is 1. The zero-order valence-corrected chi connectivity index (χ0v) is 12.3. The third-order valence-corrected chi connectivity index (χ3v) is 4.97. The Morgan fingerprint density at radius 2 is 1.76 bits per heavy atom. The second-order valence-electron chi connectivity index (χ2n) is 6.24. The molecule has 21 heavy (non-hydrogen) atoms. The third kappa shape index (κ3) is 2.36. The van der Waals surface area contributed by atoms with Gasteiger partial charge in [0.05, 0.1) is 13.2 Å². The minimum Gasteiger partial charge on any atom is -0.347 e. The standard InChI is InChI=1S/C17H21NO3/c19-16(15-5-4-13-2-1-3-14(13)12-15)18-8-6-17(7-9-18)20-10-11-21-17/h4-5,12H,1-3,6-11H2. The summed E-state index contributed by atoms with van der Waals surface area (Å²) in [4.78, 5) is 14.6. The van der Waals surface area contributed by atoms with Crippen molar-refractivity contribution in [1.29, 1.82) is 0 Å². The molecule has 2 aliphatic heterocycles. The highest BCUT2D eigenvalue weighted by molar-refractivity contribution is 5.94. The lowest BCUT2D eigenvalue weighted by molar-refractivity contribution is -0.181. The molecular weight excluding hydrogens is 266 g/mol. The zero-order valence-electron chi connectivity index (χ0n) is 12.3. The van der Waals surface area contributed by atoms with Crippen LogP contribution in [0.25, 0.3) is 0 Å². The maximum Gasteiger partial charge on any atom is 0.253 e. The van der Waals surface area contributed by atoms with Crippen LogP contribution in [0.15, 0.2) is 18.2 Å². The number of hydrogen-bond acceptors (Lipinski definition) is 3. The van der Waals surface area contributed by atoms with Gasteiger partial charge in [0.2, 0.25) is 0 Å². The molecule has 2 fully saturated rings. The number of amides is 1. The molecule has 0 radical (unpaired) electrons. The van der Waals surface area contributed by atoms with Gasteiger partial charge in [0.1, 0.15) is 0 Å². The first-order valence-electron chi connectivity index (χ1n) is 7.95. The smallest absolute Gasteiger partial charge is 0.253 e. The summed E-state index contributed by atoms with van der Waals surface area (Å²) in [5.74, 6) is -0.258. The van der Waals surface area contributed by atoms with Crippen molar-refractivity contribution in [3.05, 3.63) is 34.9 Å². The monoisotopic (exact) mass is 287 g/mol. The van der Waals surface area contributed by atoms with Gasteiger partial charge in [0.15, 0.2) is 5.79 Å². The van der Waals surface area contributed by atoms with Crippen molar-refractivity contribution in [2.75, 3.05) is 26.3 Å². The van der Waals surface area contributed by atoms with Gasteiger partial charge < -0.3 is 14.4 Å². The Hall–Kier alpha value is -1.39. The minimum absolute atomic E-state index is 0.151. The van der Waals surface area contributed by atoms with Crippen LogP contribution in [0.4, 0.5) is 0 Å². The van der Waals surface area contributed by atoms with E-state index in [1.807, 2.05) is 11.0 Å². The molecule has 1 aromatic rings. The molecule has 1 amide bonds. The van der Waals surface area contributed by atoms with Crippen LogP contribution < -0.4 is 0 Å². The molecule has 0 unspecified atom stereocenters. The molecule has 0 aromatic heterocycles. The number of benzene rings is 1. The number of piperidine rings is 1. The molecule has 112 valence electrons. The van der Waals surface area contributed by atoms with E-state index in [0.29, 0.717) is 13.2 Å². The van der Waals surface area contributed by atoms with Crippen molar-refractivity contribution >= 4 is 5.91 Å². The van der Waals surface area contributed by atoms with Crippen LogP contribution in [0, 0.1) is 0 Å². The highest BCUT2D eigenvalue weighted by Crippen LogP contribution is 2.32. The number of carbonyl (C=O) groups is 1. The molecule has 4 nitrogen and oxygen atoms in total. The Bertz CT molecular complexity index is 553. The van der Waals surface area contributed by atoms with Crippen LogP contribution >= 0.6 is 0 Å².